The Kier molecular flexibility index (Phi) is 4.84. The molecule has 0 aromatic heterocycles. The standard InChI is InChI=1S/C16H20O3/c1-3-16(2,19-15-11-7-8-12-17-15)13-18-14-9-5-4-6-10-14/h1,4-6,9-10,15H,7-8,11-13H2,2H3. The average molecular weight is 260 g/mol. The lowest BCUT2D eigenvalue weighted by molar-refractivity contribution is -0.209. The summed E-state index contributed by atoms with van der Waals surface area (Å²) in [5, 5.41) is 0. The number of para-hydroxylation sites is 1. The molecule has 1 aromatic rings. The maximum absolute atomic E-state index is 5.87. The third-order valence-electron chi connectivity index (χ3n) is 3.09. The van der Waals surface area contributed by atoms with Crippen LogP contribution in [-0.2, 0) is 9.47 Å². The lowest BCUT2D eigenvalue weighted by Gasteiger charge is -2.31. The van der Waals surface area contributed by atoms with E-state index in [0.717, 1.165) is 31.6 Å². The molecule has 1 aromatic carbocycles. The van der Waals surface area contributed by atoms with E-state index in [4.69, 9.17) is 20.6 Å². The molecule has 0 saturated carbocycles. The van der Waals surface area contributed by atoms with Crippen molar-refractivity contribution >= 4 is 0 Å². The molecule has 0 bridgehead atoms. The first-order chi connectivity index (χ1) is 9.22. The summed E-state index contributed by atoms with van der Waals surface area (Å²) < 4.78 is 17.1. The zero-order chi connectivity index (χ0) is 13.6. The molecule has 2 rings (SSSR count). The van der Waals surface area contributed by atoms with E-state index in [9.17, 15) is 0 Å². The Bertz CT molecular complexity index is 417. The average Bonchev–Trinajstić information content (AvgIpc) is 2.47. The third-order valence-corrected chi connectivity index (χ3v) is 3.09. The highest BCUT2D eigenvalue weighted by molar-refractivity contribution is 5.21. The summed E-state index contributed by atoms with van der Waals surface area (Å²) in [5.41, 5.74) is -0.766. The highest BCUT2D eigenvalue weighted by Crippen LogP contribution is 2.21. The van der Waals surface area contributed by atoms with Crippen LogP contribution in [0, 0.1) is 12.3 Å². The second kappa shape index (κ2) is 6.60. The number of hydrogen-bond donors (Lipinski definition) is 0. The Balaban J connectivity index is 1.88. The number of terminal acetylenes is 1. The van der Waals surface area contributed by atoms with Crippen LogP contribution in [0.2, 0.25) is 0 Å². The minimum absolute atomic E-state index is 0.214. The van der Waals surface area contributed by atoms with Gasteiger partial charge in [0.25, 0.3) is 0 Å². The van der Waals surface area contributed by atoms with E-state index < -0.39 is 5.60 Å². The van der Waals surface area contributed by atoms with Gasteiger partial charge in [-0.2, -0.15) is 0 Å². The van der Waals surface area contributed by atoms with E-state index in [1.807, 2.05) is 37.3 Å². The number of ether oxygens (including phenoxy) is 3. The molecule has 2 atom stereocenters. The van der Waals surface area contributed by atoms with Crippen LogP contribution in [0.25, 0.3) is 0 Å². The summed E-state index contributed by atoms with van der Waals surface area (Å²) in [4.78, 5) is 0. The van der Waals surface area contributed by atoms with Gasteiger partial charge in [-0.3, -0.25) is 0 Å². The molecule has 3 heteroatoms. The minimum Gasteiger partial charge on any atom is -0.490 e. The molecular weight excluding hydrogens is 240 g/mol. The molecule has 0 radical (unpaired) electrons. The zero-order valence-corrected chi connectivity index (χ0v) is 11.3. The molecule has 1 heterocycles. The molecule has 2 unspecified atom stereocenters. The normalized spacial score (nSPS) is 22.2. The SMILES string of the molecule is C#CC(C)(COc1ccccc1)OC1CCCCO1. The Labute approximate surface area is 114 Å². The molecule has 3 nitrogen and oxygen atoms in total. The molecule has 1 fully saturated rings. The largest absolute Gasteiger partial charge is 0.490 e. The number of benzene rings is 1. The molecule has 0 amide bonds. The predicted molar refractivity (Wildman–Crippen MR) is 73.9 cm³/mol. The molecule has 1 aliphatic rings. The van der Waals surface area contributed by atoms with Crippen LogP contribution in [0.4, 0.5) is 0 Å². The van der Waals surface area contributed by atoms with Gasteiger partial charge >= 0.3 is 0 Å². The fourth-order valence-corrected chi connectivity index (χ4v) is 1.94. The monoisotopic (exact) mass is 260 g/mol. The topological polar surface area (TPSA) is 27.7 Å². The van der Waals surface area contributed by atoms with Crippen molar-refractivity contribution in [1.29, 1.82) is 0 Å². The molecule has 1 aliphatic heterocycles. The van der Waals surface area contributed by atoms with Crippen molar-refractivity contribution in [3.8, 4) is 18.1 Å². The summed E-state index contributed by atoms with van der Waals surface area (Å²) in [6.45, 7) is 2.91. The fraction of sp³-hybridized carbons (Fsp3) is 0.500. The smallest absolute Gasteiger partial charge is 0.162 e. The summed E-state index contributed by atoms with van der Waals surface area (Å²) in [7, 11) is 0. The predicted octanol–water partition coefficient (Wildman–Crippen LogP) is 3.00. The highest BCUT2D eigenvalue weighted by Gasteiger charge is 2.29. The van der Waals surface area contributed by atoms with Gasteiger partial charge in [0.15, 0.2) is 11.9 Å². The van der Waals surface area contributed by atoms with Gasteiger partial charge in [0.2, 0.25) is 0 Å². The molecular formula is C16H20O3. The summed E-state index contributed by atoms with van der Waals surface area (Å²) in [5.74, 6) is 3.46. The first-order valence-corrected chi connectivity index (χ1v) is 6.67. The van der Waals surface area contributed by atoms with Crippen LogP contribution in [0.1, 0.15) is 26.2 Å². The van der Waals surface area contributed by atoms with Gasteiger partial charge in [-0.25, -0.2) is 0 Å². The quantitative estimate of drug-likeness (QED) is 0.762. The van der Waals surface area contributed by atoms with E-state index in [-0.39, 0.29) is 6.29 Å². The van der Waals surface area contributed by atoms with Crippen LogP contribution in [-0.4, -0.2) is 25.1 Å². The van der Waals surface area contributed by atoms with Crippen molar-refractivity contribution in [1.82, 2.24) is 0 Å². The maximum Gasteiger partial charge on any atom is 0.162 e. The molecule has 19 heavy (non-hydrogen) atoms. The van der Waals surface area contributed by atoms with Gasteiger partial charge in [0.1, 0.15) is 12.4 Å². The minimum atomic E-state index is -0.766. The molecule has 0 N–H and O–H groups in total. The van der Waals surface area contributed by atoms with Crippen LogP contribution < -0.4 is 4.74 Å². The number of rotatable bonds is 5. The Hall–Kier alpha value is -1.50. The van der Waals surface area contributed by atoms with Gasteiger partial charge in [-0.05, 0) is 38.3 Å². The lowest BCUT2D eigenvalue weighted by atomic mass is 10.1. The first kappa shape index (κ1) is 13.9. The summed E-state index contributed by atoms with van der Waals surface area (Å²) >= 11 is 0. The van der Waals surface area contributed by atoms with Crippen molar-refractivity contribution in [2.45, 2.75) is 38.1 Å². The van der Waals surface area contributed by atoms with Crippen molar-refractivity contribution in [2.75, 3.05) is 13.2 Å². The van der Waals surface area contributed by atoms with Gasteiger partial charge in [-0.15, -0.1) is 6.42 Å². The Morgan fingerprint density at radius 3 is 2.79 bits per heavy atom. The third kappa shape index (κ3) is 4.27. The van der Waals surface area contributed by atoms with E-state index >= 15 is 0 Å². The first-order valence-electron chi connectivity index (χ1n) is 6.67. The van der Waals surface area contributed by atoms with Crippen molar-refractivity contribution in [3.63, 3.8) is 0 Å². The van der Waals surface area contributed by atoms with Crippen LogP contribution in [0.3, 0.4) is 0 Å². The lowest BCUT2D eigenvalue weighted by Crippen LogP contribution is -2.40. The van der Waals surface area contributed by atoms with Gasteiger partial charge in [-0.1, -0.05) is 24.1 Å². The molecule has 1 saturated heterocycles. The van der Waals surface area contributed by atoms with Crippen LogP contribution >= 0.6 is 0 Å². The second-order valence-electron chi connectivity index (χ2n) is 4.89. The van der Waals surface area contributed by atoms with Crippen LogP contribution in [0.15, 0.2) is 30.3 Å². The van der Waals surface area contributed by atoms with E-state index in [1.165, 1.54) is 0 Å². The maximum atomic E-state index is 5.87. The summed E-state index contributed by atoms with van der Waals surface area (Å²) in [6, 6.07) is 9.59. The molecule has 0 spiro atoms. The molecule has 0 aliphatic carbocycles. The fourth-order valence-electron chi connectivity index (χ4n) is 1.94. The van der Waals surface area contributed by atoms with Crippen molar-refractivity contribution in [2.24, 2.45) is 0 Å². The molecule has 102 valence electrons. The van der Waals surface area contributed by atoms with Gasteiger partial charge < -0.3 is 14.2 Å². The van der Waals surface area contributed by atoms with Gasteiger partial charge in [0.05, 0.1) is 0 Å². The van der Waals surface area contributed by atoms with Gasteiger partial charge in [0, 0.05) is 6.61 Å². The van der Waals surface area contributed by atoms with E-state index in [2.05, 4.69) is 5.92 Å². The zero-order valence-electron chi connectivity index (χ0n) is 11.3. The van der Waals surface area contributed by atoms with E-state index in [1.54, 1.807) is 0 Å². The highest BCUT2D eigenvalue weighted by atomic mass is 16.7. The van der Waals surface area contributed by atoms with Crippen molar-refractivity contribution in [3.05, 3.63) is 30.3 Å². The second-order valence-corrected chi connectivity index (χ2v) is 4.89. The van der Waals surface area contributed by atoms with Crippen LogP contribution in [0.5, 0.6) is 5.75 Å². The summed E-state index contributed by atoms with van der Waals surface area (Å²) in [6.07, 6.45) is 8.46. The Morgan fingerprint density at radius 2 is 2.16 bits per heavy atom. The number of hydrogen-bond acceptors (Lipinski definition) is 3. The van der Waals surface area contributed by atoms with E-state index in [0.29, 0.717) is 6.61 Å². The Morgan fingerprint density at radius 1 is 1.37 bits per heavy atom. The van der Waals surface area contributed by atoms with Crippen molar-refractivity contribution < 1.29 is 14.2 Å².